The summed E-state index contributed by atoms with van der Waals surface area (Å²) in [5.74, 6) is 0. The Kier molecular flexibility index (Phi) is 6.10. The smallest absolute Gasteiger partial charge is 0.317 e. The number of benzene rings is 3. The van der Waals surface area contributed by atoms with Gasteiger partial charge in [-0.05, 0) is 65.8 Å². The van der Waals surface area contributed by atoms with Crippen molar-refractivity contribution in [2.24, 2.45) is 0 Å². The second-order valence-corrected chi connectivity index (χ2v) is 10.5. The minimum Gasteiger partial charge on any atom is -0.317 e. The molecule has 0 bridgehead atoms. The van der Waals surface area contributed by atoms with E-state index in [-0.39, 0.29) is 11.6 Å². The van der Waals surface area contributed by atoms with E-state index in [2.05, 4.69) is 14.9 Å². The van der Waals surface area contributed by atoms with Gasteiger partial charge in [0, 0.05) is 12.1 Å². The summed E-state index contributed by atoms with van der Waals surface area (Å²) >= 11 is 0. The van der Waals surface area contributed by atoms with Crippen LogP contribution in [0.25, 0.3) is 21.9 Å². The number of fused-ring (bicyclic) bond motifs is 1. The largest absolute Gasteiger partial charge is 0.416 e. The van der Waals surface area contributed by atoms with Crippen LogP contribution in [0.15, 0.2) is 78.2 Å². The summed E-state index contributed by atoms with van der Waals surface area (Å²) in [7, 11) is -4.21. The Labute approximate surface area is 200 Å². The highest BCUT2D eigenvalue weighted by atomic mass is 32.2. The lowest BCUT2D eigenvalue weighted by Crippen LogP contribution is -2.38. The molecule has 10 heteroatoms. The van der Waals surface area contributed by atoms with Crippen LogP contribution in [0.4, 0.5) is 13.2 Å². The maximum atomic E-state index is 13.8. The SMILES string of the molecule is O=S(=O)(NC1CCCC(n2cnnc2)C1)c1cc(-c2cccc3ccccc23)cc(C(F)(F)F)c1. The van der Waals surface area contributed by atoms with E-state index in [1.807, 2.05) is 28.8 Å². The molecule has 2 atom stereocenters. The maximum absolute atomic E-state index is 13.8. The number of hydrogen-bond donors (Lipinski definition) is 1. The first kappa shape index (κ1) is 23.5. The fourth-order valence-corrected chi connectivity index (χ4v) is 6.13. The van der Waals surface area contributed by atoms with E-state index in [1.165, 1.54) is 6.07 Å². The Morgan fingerprint density at radius 3 is 2.46 bits per heavy atom. The summed E-state index contributed by atoms with van der Waals surface area (Å²) in [6, 6.07) is 15.3. The Balaban J connectivity index is 1.52. The monoisotopic (exact) mass is 500 g/mol. The third-order valence-corrected chi connectivity index (χ3v) is 7.97. The number of rotatable bonds is 5. The van der Waals surface area contributed by atoms with E-state index in [0.717, 1.165) is 29.7 Å². The predicted octanol–water partition coefficient (Wildman–Crippen LogP) is 5.58. The molecule has 5 rings (SSSR count). The summed E-state index contributed by atoms with van der Waals surface area (Å²) in [6.07, 6.45) is 1.22. The molecule has 1 aliphatic carbocycles. The first-order valence-corrected chi connectivity index (χ1v) is 12.8. The molecule has 3 aromatic carbocycles. The molecule has 1 aliphatic rings. The molecule has 0 radical (unpaired) electrons. The molecule has 1 fully saturated rings. The Hall–Kier alpha value is -3.24. The number of alkyl halides is 3. The number of hydrogen-bond acceptors (Lipinski definition) is 4. The van der Waals surface area contributed by atoms with Crippen molar-refractivity contribution in [1.82, 2.24) is 19.5 Å². The number of aromatic nitrogens is 3. The van der Waals surface area contributed by atoms with Gasteiger partial charge in [-0.1, -0.05) is 42.5 Å². The predicted molar refractivity (Wildman–Crippen MR) is 126 cm³/mol. The zero-order valence-corrected chi connectivity index (χ0v) is 19.4. The molecule has 1 N–H and O–H groups in total. The van der Waals surface area contributed by atoms with Crippen molar-refractivity contribution in [2.75, 3.05) is 0 Å². The van der Waals surface area contributed by atoms with Crippen LogP contribution >= 0.6 is 0 Å². The molecule has 0 aliphatic heterocycles. The Morgan fingerprint density at radius 1 is 0.943 bits per heavy atom. The third kappa shape index (κ3) is 4.94. The molecule has 4 aromatic rings. The number of sulfonamides is 1. The van der Waals surface area contributed by atoms with Gasteiger partial charge < -0.3 is 4.57 Å². The fourth-order valence-electron chi connectivity index (χ4n) is 4.78. The highest BCUT2D eigenvalue weighted by Gasteiger charge is 2.34. The molecule has 1 aromatic heterocycles. The first-order valence-electron chi connectivity index (χ1n) is 11.3. The van der Waals surface area contributed by atoms with E-state index < -0.39 is 32.7 Å². The van der Waals surface area contributed by atoms with Crippen molar-refractivity contribution in [1.29, 1.82) is 0 Å². The van der Waals surface area contributed by atoms with Gasteiger partial charge in [-0.25, -0.2) is 13.1 Å². The van der Waals surface area contributed by atoms with Gasteiger partial charge in [0.1, 0.15) is 12.7 Å². The molecule has 1 heterocycles. The minimum atomic E-state index is -4.70. The lowest BCUT2D eigenvalue weighted by atomic mass is 9.91. The second kappa shape index (κ2) is 9.09. The van der Waals surface area contributed by atoms with Gasteiger partial charge in [-0.2, -0.15) is 13.2 Å². The minimum absolute atomic E-state index is 0.0270. The molecule has 6 nitrogen and oxygen atoms in total. The average Bonchev–Trinajstić information content (AvgIpc) is 3.38. The highest BCUT2D eigenvalue weighted by molar-refractivity contribution is 7.89. The van der Waals surface area contributed by atoms with Crippen LogP contribution in [-0.2, 0) is 16.2 Å². The topological polar surface area (TPSA) is 76.9 Å². The molecule has 35 heavy (non-hydrogen) atoms. The summed E-state index contributed by atoms with van der Waals surface area (Å²) < 4.78 is 72.5. The fraction of sp³-hybridized carbons (Fsp3) is 0.280. The molecule has 182 valence electrons. The highest BCUT2D eigenvalue weighted by Crippen LogP contribution is 2.37. The zero-order chi connectivity index (χ0) is 24.6. The Morgan fingerprint density at radius 2 is 1.69 bits per heavy atom. The Bertz CT molecular complexity index is 1450. The van der Waals surface area contributed by atoms with Crippen molar-refractivity contribution >= 4 is 20.8 Å². The molecule has 1 saturated carbocycles. The van der Waals surface area contributed by atoms with Crippen LogP contribution in [0.1, 0.15) is 37.3 Å². The van der Waals surface area contributed by atoms with Crippen molar-refractivity contribution in [3.8, 4) is 11.1 Å². The number of nitrogens with one attached hydrogen (secondary N) is 1. The van der Waals surface area contributed by atoms with Gasteiger partial charge in [0.15, 0.2) is 0 Å². The summed E-state index contributed by atoms with van der Waals surface area (Å²) in [4.78, 5) is -0.401. The van der Waals surface area contributed by atoms with Crippen LogP contribution in [0.5, 0.6) is 0 Å². The maximum Gasteiger partial charge on any atom is 0.416 e. The average molecular weight is 501 g/mol. The molecule has 0 saturated heterocycles. The van der Waals surface area contributed by atoms with Gasteiger partial charge in [0.05, 0.1) is 10.5 Å². The van der Waals surface area contributed by atoms with Gasteiger partial charge in [0.25, 0.3) is 0 Å². The lowest BCUT2D eigenvalue weighted by molar-refractivity contribution is -0.137. The van der Waals surface area contributed by atoms with Crippen LogP contribution in [0.3, 0.4) is 0 Å². The number of halogens is 3. The summed E-state index contributed by atoms with van der Waals surface area (Å²) in [6.45, 7) is 0. The normalized spacial score (nSPS) is 19.2. The summed E-state index contributed by atoms with van der Waals surface area (Å²) in [5, 5.41) is 9.21. The first-order chi connectivity index (χ1) is 16.7. The van der Waals surface area contributed by atoms with Crippen LogP contribution < -0.4 is 4.72 Å². The molecular formula is C25H23F3N4O2S. The third-order valence-electron chi connectivity index (χ3n) is 6.47. The van der Waals surface area contributed by atoms with E-state index in [0.29, 0.717) is 24.5 Å². The molecular weight excluding hydrogens is 477 g/mol. The van der Waals surface area contributed by atoms with Crippen LogP contribution in [0, 0.1) is 0 Å². The van der Waals surface area contributed by atoms with E-state index in [4.69, 9.17) is 0 Å². The van der Waals surface area contributed by atoms with Gasteiger partial charge in [0.2, 0.25) is 10.0 Å². The van der Waals surface area contributed by atoms with E-state index in [1.54, 1.807) is 30.9 Å². The van der Waals surface area contributed by atoms with Crippen LogP contribution in [-0.4, -0.2) is 29.2 Å². The van der Waals surface area contributed by atoms with Crippen molar-refractivity contribution in [3.63, 3.8) is 0 Å². The summed E-state index contributed by atoms with van der Waals surface area (Å²) in [5.41, 5.74) is -0.270. The van der Waals surface area contributed by atoms with Gasteiger partial charge in [-0.3, -0.25) is 0 Å². The van der Waals surface area contributed by atoms with E-state index >= 15 is 0 Å². The zero-order valence-electron chi connectivity index (χ0n) is 18.6. The van der Waals surface area contributed by atoms with Crippen molar-refractivity contribution in [3.05, 3.63) is 78.9 Å². The van der Waals surface area contributed by atoms with Gasteiger partial charge >= 0.3 is 6.18 Å². The lowest BCUT2D eigenvalue weighted by Gasteiger charge is -2.30. The van der Waals surface area contributed by atoms with E-state index in [9.17, 15) is 21.6 Å². The second-order valence-electron chi connectivity index (χ2n) is 8.82. The molecule has 2 unspecified atom stereocenters. The van der Waals surface area contributed by atoms with Crippen LogP contribution in [0.2, 0.25) is 0 Å². The quantitative estimate of drug-likeness (QED) is 0.388. The number of nitrogens with zero attached hydrogens (tertiary/aromatic N) is 3. The standard InChI is InChI=1S/C25H23F3N4O2S/c26-25(27,28)19-11-18(24-10-3-6-17-5-1-2-9-23(17)24)12-22(13-19)35(33,34)31-20-7-4-8-21(14-20)32-15-29-30-16-32/h1-3,5-6,9-13,15-16,20-21,31H,4,7-8,14H2. The molecule has 0 spiro atoms. The van der Waals surface area contributed by atoms with Gasteiger partial charge in [-0.15, -0.1) is 10.2 Å². The van der Waals surface area contributed by atoms with Crippen molar-refractivity contribution < 1.29 is 21.6 Å². The van der Waals surface area contributed by atoms with Crippen molar-refractivity contribution in [2.45, 2.75) is 48.8 Å². The molecule has 0 amide bonds.